The molecule has 2 aliphatic rings. The van der Waals surface area contributed by atoms with Gasteiger partial charge < -0.3 is 15.1 Å². The van der Waals surface area contributed by atoms with Crippen LogP contribution in [0.3, 0.4) is 0 Å². The number of nitrogens with zero attached hydrogens (tertiary/aromatic N) is 2. The van der Waals surface area contributed by atoms with Crippen molar-refractivity contribution in [3.8, 4) is 0 Å². The van der Waals surface area contributed by atoms with E-state index in [0.29, 0.717) is 18.7 Å². The lowest BCUT2D eigenvalue weighted by Gasteiger charge is -2.28. The Bertz CT molecular complexity index is 617. The molecule has 0 aromatic heterocycles. The number of hydrogen-bond acceptors (Lipinski definition) is 5. The zero-order valence-corrected chi connectivity index (χ0v) is 13.9. The minimum atomic E-state index is -0.220. The standard InChI is InChI=1S/C16H20FN3O2S/c1-11(21)18-10-13-9-15(19-22-13)12-2-3-16(14(17)8-12)20-4-6-23-7-5-20/h2-3,8,13H,4-7,9-10H2,1H3,(H,18,21). The van der Waals surface area contributed by atoms with E-state index in [-0.39, 0.29) is 17.8 Å². The predicted molar refractivity (Wildman–Crippen MR) is 90.6 cm³/mol. The second-order valence-corrected chi connectivity index (χ2v) is 6.90. The number of carbonyl (C=O) groups excluding carboxylic acids is 1. The van der Waals surface area contributed by atoms with Crippen LogP contribution >= 0.6 is 11.8 Å². The van der Waals surface area contributed by atoms with Gasteiger partial charge in [0, 0.05) is 43.5 Å². The Morgan fingerprint density at radius 1 is 1.48 bits per heavy atom. The maximum Gasteiger partial charge on any atom is 0.217 e. The van der Waals surface area contributed by atoms with Crippen molar-refractivity contribution in [2.24, 2.45) is 5.16 Å². The van der Waals surface area contributed by atoms with E-state index < -0.39 is 0 Å². The van der Waals surface area contributed by atoms with Crippen molar-refractivity contribution < 1.29 is 14.0 Å². The van der Waals surface area contributed by atoms with Gasteiger partial charge in [0.25, 0.3) is 0 Å². The van der Waals surface area contributed by atoms with Gasteiger partial charge in [0.15, 0.2) is 0 Å². The molecule has 3 rings (SSSR count). The fourth-order valence-corrected chi connectivity index (χ4v) is 3.62. The lowest BCUT2D eigenvalue weighted by molar-refractivity contribution is -0.119. The van der Waals surface area contributed by atoms with Gasteiger partial charge in [-0.2, -0.15) is 11.8 Å². The van der Waals surface area contributed by atoms with Crippen molar-refractivity contribution in [3.63, 3.8) is 0 Å². The van der Waals surface area contributed by atoms with Crippen molar-refractivity contribution in [2.75, 3.05) is 36.0 Å². The zero-order chi connectivity index (χ0) is 16.2. The molecule has 1 atom stereocenters. The van der Waals surface area contributed by atoms with Crippen LogP contribution in [0.5, 0.6) is 0 Å². The first-order valence-electron chi connectivity index (χ1n) is 7.73. The van der Waals surface area contributed by atoms with Gasteiger partial charge in [-0.25, -0.2) is 4.39 Å². The molecule has 1 saturated heterocycles. The molecule has 7 heteroatoms. The molecule has 0 bridgehead atoms. The summed E-state index contributed by atoms with van der Waals surface area (Å²) in [7, 11) is 0. The fourth-order valence-electron chi connectivity index (χ4n) is 2.71. The highest BCUT2D eigenvalue weighted by Gasteiger charge is 2.23. The average Bonchev–Trinajstić information content (AvgIpc) is 3.02. The Labute approximate surface area is 139 Å². The molecule has 23 heavy (non-hydrogen) atoms. The summed E-state index contributed by atoms with van der Waals surface area (Å²) in [5.41, 5.74) is 2.12. The Morgan fingerprint density at radius 3 is 2.96 bits per heavy atom. The van der Waals surface area contributed by atoms with E-state index in [1.54, 1.807) is 0 Å². The molecule has 5 nitrogen and oxygen atoms in total. The maximum absolute atomic E-state index is 14.4. The van der Waals surface area contributed by atoms with E-state index in [1.807, 2.05) is 23.9 Å². The minimum absolute atomic E-state index is 0.0999. The lowest BCUT2D eigenvalue weighted by Crippen LogP contribution is -2.33. The first kappa shape index (κ1) is 16.1. The largest absolute Gasteiger partial charge is 0.390 e. The van der Waals surface area contributed by atoms with Gasteiger partial charge in [-0.05, 0) is 12.1 Å². The Balaban J connectivity index is 1.65. The van der Waals surface area contributed by atoms with Crippen molar-refractivity contribution in [1.82, 2.24) is 5.32 Å². The number of benzene rings is 1. The molecule has 1 fully saturated rings. The van der Waals surface area contributed by atoms with E-state index >= 15 is 0 Å². The normalized spacial score (nSPS) is 20.9. The van der Waals surface area contributed by atoms with E-state index in [0.717, 1.165) is 35.9 Å². The van der Waals surface area contributed by atoms with Crippen molar-refractivity contribution in [3.05, 3.63) is 29.6 Å². The quantitative estimate of drug-likeness (QED) is 0.913. The molecule has 1 N–H and O–H groups in total. The van der Waals surface area contributed by atoms with E-state index in [1.165, 1.54) is 13.0 Å². The molecule has 0 saturated carbocycles. The third-order valence-electron chi connectivity index (χ3n) is 3.94. The molecule has 2 heterocycles. The van der Waals surface area contributed by atoms with Crippen LogP contribution in [0.25, 0.3) is 0 Å². The number of rotatable bonds is 4. The summed E-state index contributed by atoms with van der Waals surface area (Å²) in [6, 6.07) is 5.24. The highest BCUT2D eigenvalue weighted by atomic mass is 32.2. The molecular weight excluding hydrogens is 317 g/mol. The van der Waals surface area contributed by atoms with Crippen LogP contribution in [0, 0.1) is 5.82 Å². The van der Waals surface area contributed by atoms with Gasteiger partial charge in [0.1, 0.15) is 11.9 Å². The second-order valence-electron chi connectivity index (χ2n) is 5.67. The third-order valence-corrected chi connectivity index (χ3v) is 4.89. The SMILES string of the molecule is CC(=O)NCC1CC(c2ccc(N3CCSCC3)c(F)c2)=NO1. The van der Waals surface area contributed by atoms with Crippen LogP contribution < -0.4 is 10.2 Å². The molecule has 1 aromatic rings. The number of hydrogen-bond donors (Lipinski definition) is 1. The van der Waals surface area contributed by atoms with Crippen molar-refractivity contribution in [1.29, 1.82) is 0 Å². The van der Waals surface area contributed by atoms with Crippen LogP contribution in [0.4, 0.5) is 10.1 Å². The summed E-state index contributed by atoms with van der Waals surface area (Å²) in [5, 5.41) is 6.73. The molecule has 1 unspecified atom stereocenters. The number of carbonyl (C=O) groups is 1. The number of nitrogens with one attached hydrogen (secondary N) is 1. The van der Waals surface area contributed by atoms with Crippen LogP contribution in [0.15, 0.2) is 23.4 Å². The van der Waals surface area contributed by atoms with Crippen LogP contribution in [0.1, 0.15) is 18.9 Å². The van der Waals surface area contributed by atoms with Gasteiger partial charge in [-0.15, -0.1) is 0 Å². The minimum Gasteiger partial charge on any atom is -0.390 e. The Hall–Kier alpha value is -1.76. The molecule has 1 aromatic carbocycles. The van der Waals surface area contributed by atoms with Gasteiger partial charge in [-0.3, -0.25) is 4.79 Å². The smallest absolute Gasteiger partial charge is 0.217 e. The number of amides is 1. The molecule has 2 aliphatic heterocycles. The molecule has 1 amide bonds. The lowest BCUT2D eigenvalue weighted by atomic mass is 10.0. The summed E-state index contributed by atoms with van der Waals surface area (Å²) in [6.45, 7) is 3.63. The second kappa shape index (κ2) is 7.21. The van der Waals surface area contributed by atoms with Crippen molar-refractivity contribution in [2.45, 2.75) is 19.4 Å². The number of thioether (sulfide) groups is 1. The zero-order valence-electron chi connectivity index (χ0n) is 13.0. The fraction of sp³-hybridized carbons (Fsp3) is 0.500. The summed E-state index contributed by atoms with van der Waals surface area (Å²) in [6.07, 6.45) is 0.384. The molecule has 0 radical (unpaired) electrons. The number of oxime groups is 1. The predicted octanol–water partition coefficient (Wildman–Crippen LogP) is 2.01. The molecule has 124 valence electrons. The average molecular weight is 337 g/mol. The van der Waals surface area contributed by atoms with E-state index in [4.69, 9.17) is 4.84 Å². The van der Waals surface area contributed by atoms with Crippen LogP contribution in [-0.4, -0.2) is 48.9 Å². The Morgan fingerprint density at radius 2 is 2.26 bits per heavy atom. The molecule has 0 aliphatic carbocycles. The van der Waals surface area contributed by atoms with Crippen molar-refractivity contribution >= 4 is 29.1 Å². The molecule has 0 spiro atoms. The van der Waals surface area contributed by atoms with Gasteiger partial charge in [0.2, 0.25) is 5.91 Å². The first-order valence-corrected chi connectivity index (χ1v) is 8.88. The summed E-state index contributed by atoms with van der Waals surface area (Å²) >= 11 is 1.90. The van der Waals surface area contributed by atoms with Gasteiger partial charge in [0.05, 0.1) is 17.9 Å². The van der Waals surface area contributed by atoms with E-state index in [2.05, 4.69) is 15.4 Å². The molecular formula is C16H20FN3O2S. The summed E-state index contributed by atoms with van der Waals surface area (Å²) in [4.78, 5) is 18.3. The highest BCUT2D eigenvalue weighted by molar-refractivity contribution is 7.99. The van der Waals surface area contributed by atoms with E-state index in [9.17, 15) is 9.18 Å². The van der Waals surface area contributed by atoms with Gasteiger partial charge in [-0.1, -0.05) is 11.2 Å². The van der Waals surface area contributed by atoms with Crippen LogP contribution in [-0.2, 0) is 9.63 Å². The first-order chi connectivity index (χ1) is 11.1. The Kier molecular flexibility index (Phi) is 5.05. The monoisotopic (exact) mass is 337 g/mol. The third kappa shape index (κ3) is 3.96. The van der Waals surface area contributed by atoms with Gasteiger partial charge >= 0.3 is 0 Å². The summed E-state index contributed by atoms with van der Waals surface area (Å²) < 4.78 is 14.4. The summed E-state index contributed by atoms with van der Waals surface area (Å²) in [5.74, 6) is 1.75. The number of halogens is 1. The maximum atomic E-state index is 14.4. The highest BCUT2D eigenvalue weighted by Crippen LogP contribution is 2.25. The topological polar surface area (TPSA) is 53.9 Å². The van der Waals surface area contributed by atoms with Crippen LogP contribution in [0.2, 0.25) is 0 Å². The number of anilines is 1.